The molecule has 0 radical (unpaired) electrons. The molecular formula is C47H80O4. The molecule has 0 amide bonds. The fourth-order valence-electron chi connectivity index (χ4n) is 5.63. The van der Waals surface area contributed by atoms with Gasteiger partial charge in [0, 0.05) is 13.0 Å². The van der Waals surface area contributed by atoms with Gasteiger partial charge in [0.05, 0.1) is 13.2 Å². The first kappa shape index (κ1) is 48.6. The molecule has 0 saturated carbocycles. The maximum absolute atomic E-state index is 12.2. The van der Waals surface area contributed by atoms with Crippen LogP contribution in [-0.2, 0) is 14.3 Å². The van der Waals surface area contributed by atoms with E-state index in [9.17, 15) is 9.90 Å². The van der Waals surface area contributed by atoms with Crippen molar-refractivity contribution in [3.8, 4) is 0 Å². The molecule has 0 aromatic carbocycles. The van der Waals surface area contributed by atoms with E-state index in [0.717, 1.165) is 70.6 Å². The van der Waals surface area contributed by atoms with Gasteiger partial charge in [-0.25, -0.2) is 0 Å². The molecule has 1 N–H and O–H groups in total. The summed E-state index contributed by atoms with van der Waals surface area (Å²) in [5.41, 5.74) is 0. The van der Waals surface area contributed by atoms with E-state index in [0.29, 0.717) is 13.0 Å². The van der Waals surface area contributed by atoms with Gasteiger partial charge in [0.1, 0.15) is 6.10 Å². The standard InChI is InChI=1S/C47H80O4/c1-3-5-7-9-11-13-15-17-19-21-22-23-24-25-26-27-28-30-32-34-36-38-40-42-47(49)51-46(44-48)45-50-43-41-39-37-35-33-31-29-20-18-16-14-12-10-8-6-4-2/h5-8,11-14,17-20,22-23,46,48H,3-4,9-10,15-16,21,24-45H2,1-2H3/b7-5-,8-6-,13-11-,14-12-,19-17-,20-18-,23-22-. The zero-order valence-electron chi connectivity index (χ0n) is 33.3. The summed E-state index contributed by atoms with van der Waals surface area (Å²) in [6.45, 7) is 5.08. The Morgan fingerprint density at radius 3 is 1.24 bits per heavy atom. The van der Waals surface area contributed by atoms with Gasteiger partial charge < -0.3 is 14.6 Å². The molecule has 1 unspecified atom stereocenters. The number of rotatable bonds is 38. The minimum absolute atomic E-state index is 0.183. The molecule has 0 rings (SSSR count). The number of hydrogen-bond acceptors (Lipinski definition) is 4. The molecule has 51 heavy (non-hydrogen) atoms. The zero-order valence-corrected chi connectivity index (χ0v) is 33.3. The summed E-state index contributed by atoms with van der Waals surface area (Å²) < 4.78 is 11.1. The number of esters is 1. The number of carbonyl (C=O) groups is 1. The highest BCUT2D eigenvalue weighted by atomic mass is 16.6. The quantitative estimate of drug-likeness (QED) is 0.0394. The van der Waals surface area contributed by atoms with Crippen LogP contribution in [0.4, 0.5) is 0 Å². The molecule has 0 aliphatic heterocycles. The smallest absolute Gasteiger partial charge is 0.306 e. The Morgan fingerprint density at radius 1 is 0.471 bits per heavy atom. The molecule has 292 valence electrons. The molecule has 0 aromatic heterocycles. The summed E-state index contributed by atoms with van der Waals surface area (Å²) in [4.78, 5) is 12.2. The van der Waals surface area contributed by atoms with E-state index in [1.807, 2.05) is 0 Å². The molecule has 0 aliphatic rings. The summed E-state index contributed by atoms with van der Waals surface area (Å²) in [6.07, 6.45) is 60.7. The number of unbranched alkanes of at least 4 members (excludes halogenated alkanes) is 16. The van der Waals surface area contributed by atoms with Crippen molar-refractivity contribution in [3.63, 3.8) is 0 Å². The van der Waals surface area contributed by atoms with E-state index in [1.165, 1.54) is 89.9 Å². The second-order valence-electron chi connectivity index (χ2n) is 13.6. The first-order valence-corrected chi connectivity index (χ1v) is 21.2. The second kappa shape index (κ2) is 43.7. The van der Waals surface area contributed by atoms with Gasteiger partial charge in [0.2, 0.25) is 0 Å². The van der Waals surface area contributed by atoms with Crippen molar-refractivity contribution >= 4 is 5.97 Å². The topological polar surface area (TPSA) is 55.8 Å². The van der Waals surface area contributed by atoms with Crippen LogP contribution in [-0.4, -0.2) is 37.0 Å². The van der Waals surface area contributed by atoms with Crippen LogP contribution >= 0.6 is 0 Å². The maximum Gasteiger partial charge on any atom is 0.306 e. The Balaban J connectivity index is 3.48. The number of aliphatic hydroxyl groups excluding tert-OH is 1. The number of carbonyl (C=O) groups excluding carboxylic acids is 1. The molecule has 0 spiro atoms. The van der Waals surface area contributed by atoms with Crippen LogP contribution in [0.1, 0.15) is 181 Å². The number of allylic oxidation sites excluding steroid dienone is 14. The molecule has 0 aliphatic carbocycles. The highest BCUT2D eigenvalue weighted by molar-refractivity contribution is 5.69. The molecule has 0 heterocycles. The number of aliphatic hydroxyl groups is 1. The average molecular weight is 709 g/mol. The van der Waals surface area contributed by atoms with Gasteiger partial charge in [0.25, 0.3) is 0 Å². The minimum Gasteiger partial charge on any atom is -0.457 e. The van der Waals surface area contributed by atoms with E-state index in [4.69, 9.17) is 9.47 Å². The lowest BCUT2D eigenvalue weighted by Crippen LogP contribution is -2.27. The van der Waals surface area contributed by atoms with E-state index >= 15 is 0 Å². The van der Waals surface area contributed by atoms with Crippen LogP contribution in [0.5, 0.6) is 0 Å². The highest BCUT2D eigenvalue weighted by Gasteiger charge is 2.13. The molecule has 4 heteroatoms. The monoisotopic (exact) mass is 709 g/mol. The van der Waals surface area contributed by atoms with Gasteiger partial charge in [-0.1, -0.05) is 176 Å². The van der Waals surface area contributed by atoms with Crippen molar-refractivity contribution in [2.24, 2.45) is 0 Å². The fraction of sp³-hybridized carbons (Fsp3) is 0.681. The van der Waals surface area contributed by atoms with E-state index in [-0.39, 0.29) is 19.2 Å². The third-order valence-electron chi connectivity index (χ3n) is 8.72. The first-order chi connectivity index (χ1) is 25.2. The molecule has 0 fully saturated rings. The Bertz CT molecular complexity index is 923. The molecule has 0 bridgehead atoms. The summed E-state index contributed by atoms with van der Waals surface area (Å²) in [7, 11) is 0. The fourth-order valence-corrected chi connectivity index (χ4v) is 5.63. The Hall–Kier alpha value is -2.43. The maximum atomic E-state index is 12.2. The van der Waals surface area contributed by atoms with Crippen molar-refractivity contribution < 1.29 is 19.4 Å². The minimum atomic E-state index is -0.548. The summed E-state index contributed by atoms with van der Waals surface area (Å²) in [6, 6.07) is 0. The summed E-state index contributed by atoms with van der Waals surface area (Å²) >= 11 is 0. The van der Waals surface area contributed by atoms with Crippen molar-refractivity contribution in [2.45, 2.75) is 187 Å². The van der Waals surface area contributed by atoms with Crippen LogP contribution in [0.2, 0.25) is 0 Å². The summed E-state index contributed by atoms with van der Waals surface area (Å²) in [5.74, 6) is -0.214. The van der Waals surface area contributed by atoms with Crippen LogP contribution in [0.25, 0.3) is 0 Å². The lowest BCUT2D eigenvalue weighted by Gasteiger charge is -2.15. The van der Waals surface area contributed by atoms with Gasteiger partial charge in [-0.3, -0.25) is 4.79 Å². The number of hydrogen-bond donors (Lipinski definition) is 1. The average Bonchev–Trinajstić information content (AvgIpc) is 3.14. The molecule has 4 nitrogen and oxygen atoms in total. The lowest BCUT2D eigenvalue weighted by atomic mass is 10.0. The third kappa shape index (κ3) is 41.9. The molecular weight excluding hydrogens is 629 g/mol. The predicted molar refractivity (Wildman–Crippen MR) is 223 cm³/mol. The van der Waals surface area contributed by atoms with Gasteiger partial charge in [-0.2, -0.15) is 0 Å². The number of ether oxygens (including phenoxy) is 2. The Morgan fingerprint density at radius 2 is 0.824 bits per heavy atom. The Kier molecular flexibility index (Phi) is 41.6. The van der Waals surface area contributed by atoms with Gasteiger partial charge in [-0.15, -0.1) is 0 Å². The van der Waals surface area contributed by atoms with Crippen molar-refractivity contribution in [3.05, 3.63) is 85.1 Å². The molecule has 0 saturated heterocycles. The van der Waals surface area contributed by atoms with Crippen molar-refractivity contribution in [1.29, 1.82) is 0 Å². The normalized spacial score (nSPS) is 13.2. The van der Waals surface area contributed by atoms with Gasteiger partial charge in [0.15, 0.2) is 0 Å². The zero-order chi connectivity index (χ0) is 37.0. The van der Waals surface area contributed by atoms with Crippen molar-refractivity contribution in [1.82, 2.24) is 0 Å². The first-order valence-electron chi connectivity index (χ1n) is 21.2. The van der Waals surface area contributed by atoms with E-state index in [2.05, 4.69) is 98.9 Å². The lowest BCUT2D eigenvalue weighted by molar-refractivity contribution is -0.154. The summed E-state index contributed by atoms with van der Waals surface area (Å²) in [5, 5.41) is 9.60. The van der Waals surface area contributed by atoms with Gasteiger partial charge in [-0.05, 0) is 83.5 Å². The second-order valence-corrected chi connectivity index (χ2v) is 13.6. The SMILES string of the molecule is CC/C=C\C/C=C\C/C=C\C/C=C\CCCCCCCCCCCCC(=O)OC(CO)COCCCCCCCC/C=C\C/C=C\C/C=C\CC. The molecule has 1 atom stereocenters. The van der Waals surface area contributed by atoms with Gasteiger partial charge >= 0.3 is 5.97 Å². The molecule has 0 aromatic rings. The third-order valence-corrected chi connectivity index (χ3v) is 8.72. The van der Waals surface area contributed by atoms with Crippen LogP contribution in [0.3, 0.4) is 0 Å². The highest BCUT2D eigenvalue weighted by Crippen LogP contribution is 2.13. The van der Waals surface area contributed by atoms with Crippen molar-refractivity contribution in [2.75, 3.05) is 19.8 Å². The van der Waals surface area contributed by atoms with Crippen LogP contribution in [0, 0.1) is 0 Å². The predicted octanol–water partition coefficient (Wildman–Crippen LogP) is 14.0. The van der Waals surface area contributed by atoms with Crippen LogP contribution < -0.4 is 0 Å². The van der Waals surface area contributed by atoms with E-state index < -0.39 is 6.10 Å². The largest absolute Gasteiger partial charge is 0.457 e. The van der Waals surface area contributed by atoms with Crippen LogP contribution in [0.15, 0.2) is 85.1 Å². The van der Waals surface area contributed by atoms with E-state index in [1.54, 1.807) is 0 Å². The Labute approximate surface area is 316 Å².